The molecule has 0 bridgehead atoms. The van der Waals surface area contributed by atoms with Gasteiger partial charge in [-0.15, -0.1) is 0 Å². The number of pyridine rings is 1. The summed E-state index contributed by atoms with van der Waals surface area (Å²) >= 11 is 0. The first kappa shape index (κ1) is 16.5. The number of hydrogen-bond acceptors (Lipinski definition) is 5. The highest BCUT2D eigenvalue weighted by Crippen LogP contribution is 2.33. The number of fused-ring (bicyclic) bond motifs is 1. The van der Waals surface area contributed by atoms with Gasteiger partial charge in [0, 0.05) is 29.4 Å². The lowest BCUT2D eigenvalue weighted by atomic mass is 10.1. The third-order valence-corrected chi connectivity index (χ3v) is 4.94. The van der Waals surface area contributed by atoms with Gasteiger partial charge in [0.25, 0.3) is 5.56 Å². The number of H-pyrrole nitrogens is 1. The van der Waals surface area contributed by atoms with Crippen LogP contribution in [-0.2, 0) is 6.42 Å². The van der Waals surface area contributed by atoms with Crippen LogP contribution < -0.4 is 10.9 Å². The average molecular weight is 348 g/mol. The number of nitrogens with zero attached hydrogens (tertiary/aromatic N) is 2. The van der Waals surface area contributed by atoms with Crippen LogP contribution in [0.3, 0.4) is 0 Å². The summed E-state index contributed by atoms with van der Waals surface area (Å²) in [5.41, 5.74) is 4.19. The number of aliphatic hydroxyl groups excluding tert-OH is 1. The number of nitrogens with one attached hydrogen (secondary N) is 2. The zero-order valence-electron chi connectivity index (χ0n) is 14.7. The number of rotatable bonds is 3. The normalized spacial score (nSPS) is 18.6. The Morgan fingerprint density at radius 2 is 2.00 bits per heavy atom. The van der Waals surface area contributed by atoms with Crippen LogP contribution in [0.15, 0.2) is 47.4 Å². The predicted molar refractivity (Wildman–Crippen MR) is 100 cm³/mol. The number of anilines is 1. The number of aliphatic hydroxyl groups is 1. The number of aromatic amines is 1. The quantitative estimate of drug-likeness (QED) is 0.677. The van der Waals surface area contributed by atoms with Crippen molar-refractivity contribution < 1.29 is 5.11 Å². The highest BCUT2D eigenvalue weighted by Gasteiger charge is 2.30. The number of benzene rings is 1. The van der Waals surface area contributed by atoms with Crippen LogP contribution >= 0.6 is 0 Å². The van der Waals surface area contributed by atoms with Crippen molar-refractivity contribution in [1.29, 1.82) is 0 Å². The minimum absolute atomic E-state index is 0.139. The maximum atomic E-state index is 11.9. The van der Waals surface area contributed by atoms with Crippen molar-refractivity contribution in [2.24, 2.45) is 0 Å². The highest BCUT2D eigenvalue weighted by molar-refractivity contribution is 5.57. The highest BCUT2D eigenvalue weighted by atomic mass is 16.3. The summed E-state index contributed by atoms with van der Waals surface area (Å²) in [6.07, 6.45) is 1.83. The standard InChI is InChI=1S/C20H20N4O2/c1-11-12(2)22-19(24-20(11)26)14-7-8-17(21-10-14)23-18-15-6-4-3-5-13(15)9-16(18)25/h3-8,10,16,18,25H,9H2,1-2H3,(H,21,23)(H,22,24,26)/t16-,18+/m0/s1. The fraction of sp³-hybridized carbons (Fsp3) is 0.250. The van der Waals surface area contributed by atoms with E-state index in [0.29, 0.717) is 29.3 Å². The molecule has 0 unspecified atom stereocenters. The van der Waals surface area contributed by atoms with Gasteiger partial charge >= 0.3 is 0 Å². The molecule has 6 nitrogen and oxygen atoms in total. The molecule has 0 saturated heterocycles. The van der Waals surface area contributed by atoms with Crippen LogP contribution in [0.2, 0.25) is 0 Å². The van der Waals surface area contributed by atoms with Gasteiger partial charge in [-0.2, -0.15) is 0 Å². The molecule has 3 aromatic rings. The van der Waals surface area contributed by atoms with E-state index in [0.717, 1.165) is 16.7 Å². The fourth-order valence-electron chi connectivity index (χ4n) is 3.31. The molecule has 26 heavy (non-hydrogen) atoms. The van der Waals surface area contributed by atoms with E-state index < -0.39 is 6.10 Å². The van der Waals surface area contributed by atoms with Gasteiger partial charge in [0.15, 0.2) is 0 Å². The molecule has 0 amide bonds. The van der Waals surface area contributed by atoms with Crippen molar-refractivity contribution in [2.45, 2.75) is 32.4 Å². The molecule has 1 aliphatic carbocycles. The van der Waals surface area contributed by atoms with E-state index in [1.807, 2.05) is 43.3 Å². The number of aromatic nitrogens is 3. The first-order valence-electron chi connectivity index (χ1n) is 8.59. The Kier molecular flexibility index (Phi) is 4.05. The molecule has 0 spiro atoms. The molecule has 2 heterocycles. The minimum Gasteiger partial charge on any atom is -0.390 e. The van der Waals surface area contributed by atoms with E-state index in [1.54, 1.807) is 13.1 Å². The summed E-state index contributed by atoms with van der Waals surface area (Å²) in [5.74, 6) is 1.17. The van der Waals surface area contributed by atoms with Crippen molar-refractivity contribution in [3.63, 3.8) is 0 Å². The maximum absolute atomic E-state index is 11.9. The van der Waals surface area contributed by atoms with Crippen molar-refractivity contribution in [2.75, 3.05) is 5.32 Å². The third kappa shape index (κ3) is 2.88. The molecule has 0 fully saturated rings. The third-order valence-electron chi connectivity index (χ3n) is 4.94. The number of hydrogen-bond donors (Lipinski definition) is 3. The first-order chi connectivity index (χ1) is 12.5. The molecule has 2 atom stereocenters. The maximum Gasteiger partial charge on any atom is 0.254 e. The van der Waals surface area contributed by atoms with Crippen LogP contribution in [0.5, 0.6) is 0 Å². The zero-order chi connectivity index (χ0) is 18.3. The summed E-state index contributed by atoms with van der Waals surface area (Å²) < 4.78 is 0. The van der Waals surface area contributed by atoms with Gasteiger partial charge < -0.3 is 15.4 Å². The van der Waals surface area contributed by atoms with E-state index in [4.69, 9.17) is 0 Å². The Morgan fingerprint density at radius 1 is 1.19 bits per heavy atom. The van der Waals surface area contributed by atoms with E-state index in [9.17, 15) is 9.90 Å². The second-order valence-electron chi connectivity index (χ2n) is 6.65. The SMILES string of the molecule is Cc1nc(-c2ccc(N[C@@H]3c4ccccc4C[C@@H]3O)nc2)[nH]c(=O)c1C. The monoisotopic (exact) mass is 348 g/mol. The van der Waals surface area contributed by atoms with Crippen LogP contribution in [0.25, 0.3) is 11.4 Å². The molecule has 1 aliphatic rings. The summed E-state index contributed by atoms with van der Waals surface area (Å²) in [4.78, 5) is 23.6. The van der Waals surface area contributed by atoms with E-state index in [1.165, 1.54) is 0 Å². The Morgan fingerprint density at radius 3 is 2.73 bits per heavy atom. The Bertz CT molecular complexity index is 1010. The zero-order valence-corrected chi connectivity index (χ0v) is 14.7. The predicted octanol–water partition coefficient (Wildman–Crippen LogP) is 2.52. The van der Waals surface area contributed by atoms with Gasteiger partial charge in [0.05, 0.1) is 12.1 Å². The van der Waals surface area contributed by atoms with Gasteiger partial charge in [-0.25, -0.2) is 9.97 Å². The minimum atomic E-state index is -0.480. The van der Waals surface area contributed by atoms with E-state index in [-0.39, 0.29) is 11.6 Å². The fourth-order valence-corrected chi connectivity index (χ4v) is 3.31. The lowest BCUT2D eigenvalue weighted by molar-refractivity contribution is 0.165. The molecule has 0 saturated carbocycles. The van der Waals surface area contributed by atoms with Gasteiger partial charge in [0.2, 0.25) is 0 Å². The summed E-state index contributed by atoms with van der Waals surface area (Å²) in [5, 5.41) is 13.7. The van der Waals surface area contributed by atoms with Gasteiger partial charge in [-0.1, -0.05) is 24.3 Å². The molecular weight excluding hydrogens is 328 g/mol. The molecule has 2 aromatic heterocycles. The van der Waals surface area contributed by atoms with Crippen LogP contribution in [0, 0.1) is 13.8 Å². The molecule has 6 heteroatoms. The lowest BCUT2D eigenvalue weighted by Gasteiger charge is -2.18. The van der Waals surface area contributed by atoms with E-state index >= 15 is 0 Å². The first-order valence-corrected chi connectivity index (χ1v) is 8.59. The van der Waals surface area contributed by atoms with Crippen molar-refractivity contribution in [1.82, 2.24) is 15.0 Å². The number of aryl methyl sites for hydroxylation is 1. The van der Waals surface area contributed by atoms with Crippen molar-refractivity contribution in [3.05, 3.63) is 75.3 Å². The summed E-state index contributed by atoms with van der Waals surface area (Å²) in [6.45, 7) is 3.57. The second kappa shape index (κ2) is 6.38. The molecule has 3 N–H and O–H groups in total. The topological polar surface area (TPSA) is 90.9 Å². The molecule has 4 rings (SSSR count). The molecule has 0 aliphatic heterocycles. The summed E-state index contributed by atoms with van der Waals surface area (Å²) in [6, 6.07) is 11.5. The van der Waals surface area contributed by atoms with Crippen molar-refractivity contribution >= 4 is 5.82 Å². The lowest BCUT2D eigenvalue weighted by Crippen LogP contribution is -2.21. The van der Waals surface area contributed by atoms with Crippen LogP contribution in [0.4, 0.5) is 5.82 Å². The smallest absolute Gasteiger partial charge is 0.254 e. The van der Waals surface area contributed by atoms with Crippen LogP contribution in [-0.4, -0.2) is 26.2 Å². The average Bonchev–Trinajstić information content (AvgIpc) is 2.95. The Balaban J connectivity index is 1.58. The van der Waals surface area contributed by atoms with Gasteiger partial charge in [-0.3, -0.25) is 4.79 Å². The van der Waals surface area contributed by atoms with E-state index in [2.05, 4.69) is 20.3 Å². The largest absolute Gasteiger partial charge is 0.390 e. The second-order valence-corrected chi connectivity index (χ2v) is 6.65. The van der Waals surface area contributed by atoms with Gasteiger partial charge in [-0.05, 0) is 37.1 Å². The van der Waals surface area contributed by atoms with Gasteiger partial charge in [0.1, 0.15) is 11.6 Å². The molecular formula is C20H20N4O2. The Hall–Kier alpha value is -2.99. The molecule has 0 radical (unpaired) electrons. The Labute approximate surface area is 151 Å². The molecule has 1 aromatic carbocycles. The van der Waals surface area contributed by atoms with Crippen LogP contribution in [0.1, 0.15) is 28.4 Å². The summed E-state index contributed by atoms with van der Waals surface area (Å²) in [7, 11) is 0. The molecule has 132 valence electrons. The van der Waals surface area contributed by atoms with Crippen molar-refractivity contribution in [3.8, 4) is 11.4 Å².